The molecule has 1 saturated carbocycles. The largest absolute Gasteiger partial charge is 0.464 e. The number of anilines is 1. The molecule has 1 aliphatic heterocycles. The van der Waals surface area contributed by atoms with E-state index < -0.39 is 37.4 Å². The van der Waals surface area contributed by atoms with Gasteiger partial charge in [0.2, 0.25) is 5.54 Å². The summed E-state index contributed by atoms with van der Waals surface area (Å²) in [6.45, 7) is 3.63. The number of carbonyl (C=O) groups is 2. The van der Waals surface area contributed by atoms with Gasteiger partial charge >= 0.3 is 25.8 Å². The number of fused-ring (bicyclic) bond motifs is 1. The second kappa shape index (κ2) is 13.6. The molecular formula is C29H32ClF3N3O6P. The Morgan fingerprint density at radius 1 is 1.23 bits per heavy atom. The van der Waals surface area contributed by atoms with Crippen molar-refractivity contribution in [2.45, 2.75) is 50.9 Å². The van der Waals surface area contributed by atoms with Crippen molar-refractivity contribution in [1.29, 1.82) is 0 Å². The highest BCUT2D eigenvalue weighted by Crippen LogP contribution is 2.49. The first-order valence-corrected chi connectivity index (χ1v) is 15.9. The third-order valence-corrected chi connectivity index (χ3v) is 8.91. The molecule has 1 aliphatic carbocycles. The van der Waals surface area contributed by atoms with Crippen LogP contribution in [-0.2, 0) is 30.6 Å². The molecule has 1 heterocycles. The van der Waals surface area contributed by atoms with Crippen LogP contribution in [0.5, 0.6) is 5.75 Å². The number of esters is 1. The van der Waals surface area contributed by atoms with Crippen LogP contribution in [0.2, 0.25) is 5.02 Å². The second-order valence-corrected chi connectivity index (χ2v) is 12.6. The Labute approximate surface area is 252 Å². The number of carbonyl (C=O) groups excluding carboxylic acids is 2. The van der Waals surface area contributed by atoms with E-state index in [1.807, 2.05) is 5.32 Å². The van der Waals surface area contributed by atoms with E-state index in [0.717, 1.165) is 12.8 Å². The molecule has 14 heteroatoms. The van der Waals surface area contributed by atoms with Gasteiger partial charge in [-0.2, -0.15) is 13.2 Å². The quantitative estimate of drug-likeness (QED) is 0.112. The van der Waals surface area contributed by atoms with Gasteiger partial charge in [-0.25, -0.2) is 14.2 Å². The summed E-state index contributed by atoms with van der Waals surface area (Å²) in [7, 11) is -3.82. The molecule has 3 N–H and O–H groups in total. The van der Waals surface area contributed by atoms with Crippen LogP contribution in [0.3, 0.4) is 0 Å². The number of ether oxygens (including phenoxy) is 1. The van der Waals surface area contributed by atoms with Crippen LogP contribution >= 0.6 is 19.2 Å². The molecule has 2 aromatic rings. The molecule has 9 nitrogen and oxygen atoms in total. The first kappa shape index (κ1) is 32.7. The Balaban J connectivity index is 1.43. The summed E-state index contributed by atoms with van der Waals surface area (Å²) in [6, 6.07) is 9.95. The number of nitrogens with one attached hydrogen (secondary N) is 3. The summed E-state index contributed by atoms with van der Waals surface area (Å²) in [6.07, 6.45) is -4.42. The average molecular weight is 642 g/mol. The Kier molecular flexibility index (Phi) is 10.3. The number of para-hydroxylation sites is 1. The third-order valence-electron chi connectivity index (χ3n) is 6.66. The number of rotatable bonds is 12. The van der Waals surface area contributed by atoms with Crippen molar-refractivity contribution in [1.82, 2.24) is 10.6 Å². The lowest BCUT2D eigenvalue weighted by atomic mass is 9.85. The molecule has 0 spiro atoms. The Bertz CT molecular complexity index is 1440. The van der Waals surface area contributed by atoms with Crippen molar-refractivity contribution in [3.63, 3.8) is 0 Å². The van der Waals surface area contributed by atoms with Gasteiger partial charge in [-0.3, -0.25) is 4.52 Å². The highest BCUT2D eigenvalue weighted by Gasteiger charge is 2.59. The van der Waals surface area contributed by atoms with Gasteiger partial charge in [-0.1, -0.05) is 41.6 Å². The number of urea groups is 1. The zero-order valence-corrected chi connectivity index (χ0v) is 25.2. The molecule has 0 bridgehead atoms. The van der Waals surface area contributed by atoms with Crippen LogP contribution in [0.25, 0.3) is 0 Å². The number of benzene rings is 2. The molecule has 0 saturated heterocycles. The molecule has 0 radical (unpaired) electrons. The number of halogens is 4. The molecular weight excluding hydrogens is 610 g/mol. The van der Waals surface area contributed by atoms with Crippen LogP contribution in [-0.4, -0.2) is 50.1 Å². The van der Waals surface area contributed by atoms with Gasteiger partial charge < -0.3 is 25.2 Å². The van der Waals surface area contributed by atoms with Gasteiger partial charge in [-0.15, -0.1) is 0 Å². The van der Waals surface area contributed by atoms with Gasteiger partial charge in [0, 0.05) is 28.7 Å². The predicted octanol–water partition coefficient (Wildman–Crippen LogP) is 6.02. The molecule has 4 rings (SSSR count). The minimum absolute atomic E-state index is 0.0345. The van der Waals surface area contributed by atoms with Crippen molar-refractivity contribution < 1.29 is 41.1 Å². The topological polar surface area (TPSA) is 115 Å². The van der Waals surface area contributed by atoms with Crippen LogP contribution in [0.4, 0.5) is 23.7 Å². The molecule has 43 heavy (non-hydrogen) atoms. The lowest BCUT2D eigenvalue weighted by Gasteiger charge is -2.37. The summed E-state index contributed by atoms with van der Waals surface area (Å²) in [5.41, 5.74) is -2.71. The van der Waals surface area contributed by atoms with E-state index in [9.17, 15) is 27.3 Å². The maximum atomic E-state index is 14.4. The van der Waals surface area contributed by atoms with Gasteiger partial charge in [0.15, 0.2) is 6.10 Å². The Morgan fingerprint density at radius 3 is 2.60 bits per heavy atom. The standard InChI is InChI=1S/C29H32ClF3N3O6P/c1-3-40-26(37)19(2)41-43(39,42-22-7-5-4-6-8-22)16-15-34-14-12-21-17-25-23(18-24(21)30)28(29(31,32)33,36-27(38)35-25)13-11-20-9-10-20/h4-8,17-20,34H,3,9-10,12,14-16H2,1-2H3,(H2,35,36,38)/t19?,28-,43?/m0/s1. The van der Waals surface area contributed by atoms with Gasteiger partial charge in [0.1, 0.15) is 5.75 Å². The van der Waals surface area contributed by atoms with E-state index >= 15 is 0 Å². The van der Waals surface area contributed by atoms with Gasteiger partial charge in [-0.05, 0) is 69.5 Å². The smallest absolute Gasteiger partial charge is 0.427 e. The first-order chi connectivity index (χ1) is 20.4. The van der Waals surface area contributed by atoms with E-state index in [1.54, 1.807) is 37.3 Å². The lowest BCUT2D eigenvalue weighted by Crippen LogP contribution is -2.59. The maximum Gasteiger partial charge on any atom is 0.427 e. The van der Waals surface area contributed by atoms with Crippen LogP contribution < -0.4 is 20.5 Å². The molecule has 3 atom stereocenters. The Hall–Kier alpha value is -3.23. The van der Waals surface area contributed by atoms with Gasteiger partial charge in [0.05, 0.1) is 12.8 Å². The lowest BCUT2D eigenvalue weighted by molar-refractivity contribution is -0.178. The van der Waals surface area contributed by atoms with Gasteiger partial charge in [0.25, 0.3) is 0 Å². The molecule has 2 aromatic carbocycles. The second-order valence-electron chi connectivity index (χ2n) is 10.1. The number of amides is 2. The first-order valence-electron chi connectivity index (χ1n) is 13.8. The number of alkyl halides is 3. The van der Waals surface area contributed by atoms with Crippen LogP contribution in [0.1, 0.15) is 37.8 Å². The van der Waals surface area contributed by atoms with E-state index in [-0.39, 0.29) is 54.5 Å². The minimum atomic E-state index is -4.89. The monoisotopic (exact) mass is 641 g/mol. The normalized spacial score (nSPS) is 19.9. The average Bonchev–Trinajstić information content (AvgIpc) is 3.77. The van der Waals surface area contributed by atoms with Crippen molar-refractivity contribution in [2.75, 3.05) is 31.2 Å². The molecule has 2 aliphatic rings. The van der Waals surface area contributed by atoms with E-state index in [4.69, 9.17) is 25.4 Å². The fourth-order valence-electron chi connectivity index (χ4n) is 4.31. The molecule has 2 unspecified atom stereocenters. The van der Waals surface area contributed by atoms with Crippen molar-refractivity contribution >= 4 is 36.9 Å². The highest BCUT2D eigenvalue weighted by molar-refractivity contribution is 7.54. The Morgan fingerprint density at radius 2 is 1.95 bits per heavy atom. The SMILES string of the molecule is CCOC(=O)C(C)OP(=O)(CCNCCc1cc2c(cc1Cl)[C@@](C#CC1CC1)(C(F)(F)F)NC(=O)N2)Oc1ccccc1. The fraction of sp³-hybridized carbons (Fsp3) is 0.448. The fourth-order valence-corrected chi connectivity index (χ4v) is 6.26. The minimum Gasteiger partial charge on any atom is -0.464 e. The third kappa shape index (κ3) is 8.24. The van der Waals surface area contributed by atoms with Crippen LogP contribution in [0.15, 0.2) is 42.5 Å². The summed E-state index contributed by atoms with van der Waals surface area (Å²) >= 11 is 6.43. The molecule has 2 amide bonds. The summed E-state index contributed by atoms with van der Waals surface area (Å²) in [5, 5.41) is 7.57. The summed E-state index contributed by atoms with van der Waals surface area (Å²) in [5.74, 6) is 4.43. The van der Waals surface area contributed by atoms with Crippen LogP contribution in [0, 0.1) is 17.8 Å². The van der Waals surface area contributed by atoms with E-state index in [0.29, 0.717) is 11.3 Å². The van der Waals surface area contributed by atoms with E-state index in [2.05, 4.69) is 22.5 Å². The summed E-state index contributed by atoms with van der Waals surface area (Å²) in [4.78, 5) is 24.4. The van der Waals surface area contributed by atoms with Crippen molar-refractivity contribution in [3.8, 4) is 17.6 Å². The predicted molar refractivity (Wildman–Crippen MR) is 155 cm³/mol. The zero-order chi connectivity index (χ0) is 31.3. The van der Waals surface area contributed by atoms with E-state index in [1.165, 1.54) is 19.1 Å². The summed E-state index contributed by atoms with van der Waals surface area (Å²) < 4.78 is 72.8. The molecule has 0 aromatic heterocycles. The molecule has 232 valence electrons. The number of hydrogen-bond acceptors (Lipinski definition) is 7. The van der Waals surface area contributed by atoms with Crippen molar-refractivity contribution in [2.24, 2.45) is 5.92 Å². The zero-order valence-electron chi connectivity index (χ0n) is 23.6. The molecule has 1 fully saturated rings. The van der Waals surface area contributed by atoms with Crippen molar-refractivity contribution in [3.05, 3.63) is 58.6 Å². The maximum absolute atomic E-state index is 14.4. The highest BCUT2D eigenvalue weighted by atomic mass is 35.5. The number of hydrogen-bond donors (Lipinski definition) is 3.